The molecular weight excluding hydrogens is 374 g/mol. The largest absolute Gasteiger partial charge is 0.338 e. The quantitative estimate of drug-likeness (QED) is 0.859. The van der Waals surface area contributed by atoms with Gasteiger partial charge in [0.25, 0.3) is 5.91 Å². The van der Waals surface area contributed by atoms with Crippen LogP contribution in [0, 0.1) is 0 Å². The van der Waals surface area contributed by atoms with Crippen LogP contribution in [-0.2, 0) is 11.3 Å². The zero-order valence-electron chi connectivity index (χ0n) is 15.8. The second-order valence-corrected chi connectivity index (χ2v) is 7.51. The second kappa shape index (κ2) is 8.76. The first-order valence-electron chi connectivity index (χ1n) is 9.58. The maximum Gasteiger partial charge on any atom is 0.253 e. The van der Waals surface area contributed by atoms with Gasteiger partial charge in [-0.05, 0) is 29.7 Å². The van der Waals surface area contributed by atoms with E-state index in [1.165, 1.54) is 5.56 Å². The monoisotopic (exact) mass is 399 g/mol. The molecule has 2 aromatic rings. The van der Waals surface area contributed by atoms with Crippen molar-refractivity contribution >= 4 is 24.2 Å². The summed E-state index contributed by atoms with van der Waals surface area (Å²) >= 11 is 0. The van der Waals surface area contributed by atoms with Crippen molar-refractivity contribution in [2.45, 2.75) is 31.3 Å². The Bertz CT molecular complexity index is 843. The lowest BCUT2D eigenvalue weighted by atomic mass is 9.95. The van der Waals surface area contributed by atoms with Crippen LogP contribution in [0.15, 0.2) is 54.6 Å². The van der Waals surface area contributed by atoms with Crippen molar-refractivity contribution in [3.8, 4) is 0 Å². The molecule has 5 nitrogen and oxygen atoms in total. The normalized spacial score (nSPS) is 21.7. The van der Waals surface area contributed by atoms with Gasteiger partial charge in [0.05, 0.1) is 0 Å². The molecule has 2 aromatic carbocycles. The highest BCUT2D eigenvalue weighted by Crippen LogP contribution is 2.27. The molecule has 0 radical (unpaired) electrons. The number of rotatable bonds is 4. The van der Waals surface area contributed by atoms with Gasteiger partial charge in [-0.15, -0.1) is 12.4 Å². The minimum absolute atomic E-state index is 0. The summed E-state index contributed by atoms with van der Waals surface area (Å²) in [6.45, 7) is 2.58. The van der Waals surface area contributed by atoms with Gasteiger partial charge in [-0.2, -0.15) is 0 Å². The fraction of sp³-hybridized carbons (Fsp3) is 0.364. The van der Waals surface area contributed by atoms with Crippen LogP contribution in [0.3, 0.4) is 0 Å². The Hall–Kier alpha value is -2.37. The Morgan fingerprint density at radius 2 is 1.86 bits per heavy atom. The van der Waals surface area contributed by atoms with E-state index in [0.29, 0.717) is 31.6 Å². The van der Waals surface area contributed by atoms with Gasteiger partial charge in [0, 0.05) is 50.1 Å². The minimum atomic E-state index is -0.0539. The Labute approximate surface area is 171 Å². The van der Waals surface area contributed by atoms with E-state index in [0.717, 1.165) is 18.5 Å². The Balaban J connectivity index is 0.00000225. The second-order valence-electron chi connectivity index (χ2n) is 7.51. The standard InChI is InChI=1S/C22H25N3O2.ClH/c23-20-15-25(14-19(20)17-7-2-1-3-8-17)22(27)18-9-4-6-16(12-18)13-24-11-5-10-21(24)26;/h1-4,6-9,12,19-20H,5,10-11,13-15,23H2;1H/t19-,20+;/m0./s1. The number of carbonyl (C=O) groups excluding carboxylic acids is 2. The van der Waals surface area contributed by atoms with E-state index in [1.807, 2.05) is 52.3 Å². The molecule has 148 valence electrons. The molecule has 0 spiro atoms. The van der Waals surface area contributed by atoms with Crippen molar-refractivity contribution in [2.75, 3.05) is 19.6 Å². The van der Waals surface area contributed by atoms with Crippen molar-refractivity contribution < 1.29 is 9.59 Å². The highest BCUT2D eigenvalue weighted by atomic mass is 35.5. The molecule has 0 aromatic heterocycles. The van der Waals surface area contributed by atoms with Gasteiger partial charge in [-0.3, -0.25) is 9.59 Å². The van der Waals surface area contributed by atoms with Gasteiger partial charge in [0.2, 0.25) is 5.91 Å². The van der Waals surface area contributed by atoms with E-state index in [1.54, 1.807) is 0 Å². The number of hydrogen-bond acceptors (Lipinski definition) is 3. The highest BCUT2D eigenvalue weighted by molar-refractivity contribution is 5.94. The summed E-state index contributed by atoms with van der Waals surface area (Å²) in [4.78, 5) is 28.6. The zero-order chi connectivity index (χ0) is 18.8. The average Bonchev–Trinajstić information content (AvgIpc) is 3.28. The lowest BCUT2D eigenvalue weighted by molar-refractivity contribution is -0.128. The minimum Gasteiger partial charge on any atom is -0.338 e. The van der Waals surface area contributed by atoms with Crippen LogP contribution in [-0.4, -0.2) is 47.3 Å². The number of carbonyl (C=O) groups is 2. The van der Waals surface area contributed by atoms with E-state index in [4.69, 9.17) is 5.73 Å². The first kappa shape index (κ1) is 20.4. The molecule has 2 aliphatic rings. The van der Waals surface area contributed by atoms with E-state index in [9.17, 15) is 9.59 Å². The fourth-order valence-corrected chi connectivity index (χ4v) is 4.12. The van der Waals surface area contributed by atoms with Crippen molar-refractivity contribution in [2.24, 2.45) is 5.73 Å². The number of nitrogens with two attached hydrogens (primary N) is 1. The molecule has 2 N–H and O–H groups in total. The molecule has 4 rings (SSSR count). The topological polar surface area (TPSA) is 66.6 Å². The van der Waals surface area contributed by atoms with Crippen LogP contribution in [0.25, 0.3) is 0 Å². The van der Waals surface area contributed by atoms with Crippen LogP contribution in [0.5, 0.6) is 0 Å². The van der Waals surface area contributed by atoms with Gasteiger partial charge in [-0.1, -0.05) is 42.5 Å². The molecule has 2 fully saturated rings. The molecule has 0 aliphatic carbocycles. The molecule has 2 amide bonds. The third-order valence-corrected chi connectivity index (χ3v) is 5.60. The predicted octanol–water partition coefficient (Wildman–Crippen LogP) is 2.80. The lowest BCUT2D eigenvalue weighted by Crippen LogP contribution is -2.32. The third kappa shape index (κ3) is 4.21. The van der Waals surface area contributed by atoms with Crippen molar-refractivity contribution in [1.29, 1.82) is 0 Å². The van der Waals surface area contributed by atoms with Gasteiger partial charge >= 0.3 is 0 Å². The van der Waals surface area contributed by atoms with Gasteiger partial charge < -0.3 is 15.5 Å². The summed E-state index contributed by atoms with van der Waals surface area (Å²) < 4.78 is 0. The first-order chi connectivity index (χ1) is 13.1. The number of likely N-dealkylation sites (tertiary alicyclic amines) is 2. The van der Waals surface area contributed by atoms with Gasteiger partial charge in [0.15, 0.2) is 0 Å². The summed E-state index contributed by atoms with van der Waals surface area (Å²) in [6.07, 6.45) is 1.55. The Morgan fingerprint density at radius 1 is 1.07 bits per heavy atom. The Kier molecular flexibility index (Phi) is 6.37. The van der Waals surface area contributed by atoms with Crippen LogP contribution in [0.4, 0.5) is 0 Å². The third-order valence-electron chi connectivity index (χ3n) is 5.60. The SMILES string of the molecule is Cl.N[C@@H]1CN(C(=O)c2cccc(CN3CCCC3=O)c2)C[C@H]1c1ccccc1. The smallest absolute Gasteiger partial charge is 0.253 e. The fourth-order valence-electron chi connectivity index (χ4n) is 4.12. The molecule has 2 heterocycles. The molecule has 0 unspecified atom stereocenters. The van der Waals surface area contributed by atoms with Crippen LogP contribution < -0.4 is 5.73 Å². The van der Waals surface area contributed by atoms with E-state index >= 15 is 0 Å². The van der Waals surface area contributed by atoms with Gasteiger partial charge in [-0.25, -0.2) is 0 Å². The molecule has 6 heteroatoms. The van der Waals surface area contributed by atoms with Gasteiger partial charge in [0.1, 0.15) is 0 Å². The molecule has 28 heavy (non-hydrogen) atoms. The maximum absolute atomic E-state index is 13.0. The lowest BCUT2D eigenvalue weighted by Gasteiger charge is -2.19. The number of benzene rings is 2. The summed E-state index contributed by atoms with van der Waals surface area (Å²) in [5.41, 5.74) is 9.18. The Morgan fingerprint density at radius 3 is 2.57 bits per heavy atom. The summed E-state index contributed by atoms with van der Waals surface area (Å²) in [5.74, 6) is 0.377. The molecular formula is C22H26ClN3O2. The molecule has 2 atom stereocenters. The summed E-state index contributed by atoms with van der Waals surface area (Å²) in [5, 5.41) is 0. The number of halogens is 1. The number of amides is 2. The summed E-state index contributed by atoms with van der Waals surface area (Å²) in [7, 11) is 0. The molecule has 0 saturated carbocycles. The zero-order valence-corrected chi connectivity index (χ0v) is 16.6. The molecule has 2 saturated heterocycles. The predicted molar refractivity (Wildman–Crippen MR) is 111 cm³/mol. The molecule has 0 bridgehead atoms. The van der Waals surface area contributed by atoms with Crippen LogP contribution in [0.1, 0.15) is 40.2 Å². The van der Waals surface area contributed by atoms with Crippen LogP contribution >= 0.6 is 12.4 Å². The van der Waals surface area contributed by atoms with Crippen molar-refractivity contribution in [3.05, 3.63) is 71.3 Å². The number of hydrogen-bond donors (Lipinski definition) is 1. The van der Waals surface area contributed by atoms with E-state index < -0.39 is 0 Å². The van der Waals surface area contributed by atoms with Crippen molar-refractivity contribution in [1.82, 2.24) is 9.80 Å². The van der Waals surface area contributed by atoms with Crippen molar-refractivity contribution in [3.63, 3.8) is 0 Å². The molecule has 2 aliphatic heterocycles. The average molecular weight is 400 g/mol. The first-order valence-corrected chi connectivity index (χ1v) is 9.58. The maximum atomic E-state index is 13.0. The van der Waals surface area contributed by atoms with Crippen LogP contribution in [0.2, 0.25) is 0 Å². The number of nitrogens with zero attached hydrogens (tertiary/aromatic N) is 2. The summed E-state index contributed by atoms with van der Waals surface area (Å²) in [6, 6.07) is 17.7. The van der Waals surface area contributed by atoms with E-state index in [2.05, 4.69) is 12.1 Å². The highest BCUT2D eigenvalue weighted by Gasteiger charge is 2.34. The van der Waals surface area contributed by atoms with E-state index in [-0.39, 0.29) is 36.2 Å².